The van der Waals surface area contributed by atoms with Crippen LogP contribution in [-0.4, -0.2) is 31.2 Å². The number of amides is 1. The third kappa shape index (κ3) is 11.2. The fourth-order valence-electron chi connectivity index (χ4n) is 5.04. The number of benzene rings is 3. The second kappa shape index (κ2) is 18.1. The molecule has 0 fully saturated rings. The second-order valence-corrected chi connectivity index (χ2v) is 10.7. The molecule has 3 rings (SSSR count). The molecule has 1 unspecified atom stereocenters. The molecule has 1 amide bonds. The summed E-state index contributed by atoms with van der Waals surface area (Å²) in [5.74, 6) is 1.47. The van der Waals surface area contributed by atoms with Gasteiger partial charge in [-0.1, -0.05) is 60.9 Å². The number of rotatable bonds is 11. The van der Waals surface area contributed by atoms with E-state index in [2.05, 4.69) is 38.2 Å². The number of carbonyl (C=O) groups excluding carboxylic acids is 1. The fourth-order valence-corrected chi connectivity index (χ4v) is 5.04. The first-order valence-corrected chi connectivity index (χ1v) is 14.4. The molecule has 0 aliphatic rings. The molecule has 0 saturated carbocycles. The summed E-state index contributed by atoms with van der Waals surface area (Å²) in [6.07, 6.45) is -0.264. The van der Waals surface area contributed by atoms with Crippen molar-refractivity contribution in [3.05, 3.63) is 97.9 Å². The Bertz CT molecular complexity index is 1240. The van der Waals surface area contributed by atoms with E-state index in [9.17, 15) is 4.79 Å². The number of ether oxygens (including phenoxy) is 2. The van der Waals surface area contributed by atoms with Crippen molar-refractivity contribution in [1.29, 1.82) is 0 Å². The summed E-state index contributed by atoms with van der Waals surface area (Å²) in [7, 11) is 0. The standard InChI is InChI=1S/C33H43N2O3.C2H6.K/c1-20-13-22(3)29(23(4)14-20)19-34-17-26(7)37-30-11-10-12-31(28(30)9)38-27(8)18-35-33(36)32-24(5)15-21(2)16-25(32)6;1-2;/h10-16,26-27H,17-19H2,1-9H3,(H,35,36);1-2H3;/q-1;;+1/t26?,27-;;/m0../s1. The Morgan fingerprint density at radius 2 is 1.24 bits per heavy atom. The first-order valence-electron chi connectivity index (χ1n) is 14.4. The summed E-state index contributed by atoms with van der Waals surface area (Å²) in [5.41, 5.74) is 9.96. The van der Waals surface area contributed by atoms with Gasteiger partial charge in [0.1, 0.15) is 17.6 Å². The van der Waals surface area contributed by atoms with Crippen LogP contribution in [0.25, 0.3) is 5.32 Å². The van der Waals surface area contributed by atoms with Gasteiger partial charge in [-0.3, -0.25) is 4.79 Å². The summed E-state index contributed by atoms with van der Waals surface area (Å²) < 4.78 is 12.4. The van der Waals surface area contributed by atoms with Gasteiger partial charge in [0, 0.05) is 11.1 Å². The SMILES string of the molecule is CC.Cc1cc(C)c(C[N-]CC(C)Oc2cccc(O[C@@H](C)CNC(=O)c3c(C)cc(C)cc3C)c2C)c(C)c1.[K+]. The molecule has 6 heteroatoms. The quantitative estimate of drug-likeness (QED) is 0.307. The topological polar surface area (TPSA) is 61.7 Å². The van der Waals surface area contributed by atoms with Crippen molar-refractivity contribution in [2.24, 2.45) is 0 Å². The summed E-state index contributed by atoms with van der Waals surface area (Å²) in [4.78, 5) is 12.8. The minimum Gasteiger partial charge on any atom is -0.656 e. The summed E-state index contributed by atoms with van der Waals surface area (Å²) in [5, 5.41) is 7.80. The third-order valence-electron chi connectivity index (χ3n) is 6.84. The molecular formula is C35H49KN2O3. The van der Waals surface area contributed by atoms with Crippen LogP contribution in [0.4, 0.5) is 0 Å². The van der Waals surface area contributed by atoms with Crippen LogP contribution in [-0.2, 0) is 6.54 Å². The first-order chi connectivity index (χ1) is 19.0. The molecule has 0 saturated heterocycles. The maximum absolute atomic E-state index is 12.8. The Balaban J connectivity index is 0.00000274. The molecule has 0 radical (unpaired) electrons. The zero-order valence-electron chi connectivity index (χ0n) is 27.5. The van der Waals surface area contributed by atoms with Crippen LogP contribution in [0.5, 0.6) is 11.5 Å². The van der Waals surface area contributed by atoms with E-state index < -0.39 is 0 Å². The molecule has 3 aromatic carbocycles. The van der Waals surface area contributed by atoms with Crippen molar-refractivity contribution >= 4 is 5.91 Å². The molecule has 0 aliphatic carbocycles. The minimum absolute atomic E-state index is 0. The van der Waals surface area contributed by atoms with E-state index in [1.54, 1.807) is 0 Å². The van der Waals surface area contributed by atoms with Gasteiger partial charge < -0.3 is 20.1 Å². The summed E-state index contributed by atoms with van der Waals surface area (Å²) >= 11 is 0. The Kier molecular flexibility index (Phi) is 16.5. The third-order valence-corrected chi connectivity index (χ3v) is 6.84. The minimum atomic E-state index is -0.202. The zero-order valence-corrected chi connectivity index (χ0v) is 30.6. The van der Waals surface area contributed by atoms with Gasteiger partial charge in [-0.15, -0.1) is 13.1 Å². The number of hydrogen-bond donors (Lipinski definition) is 1. The monoisotopic (exact) mass is 584 g/mol. The molecule has 0 spiro atoms. The predicted molar refractivity (Wildman–Crippen MR) is 168 cm³/mol. The van der Waals surface area contributed by atoms with Crippen molar-refractivity contribution in [3.63, 3.8) is 0 Å². The molecule has 5 nitrogen and oxygen atoms in total. The first kappa shape index (κ1) is 37.4. The van der Waals surface area contributed by atoms with Crippen LogP contribution in [0.1, 0.15) is 82.6 Å². The molecule has 1 N–H and O–H groups in total. The van der Waals surface area contributed by atoms with E-state index in [-0.39, 0.29) is 69.5 Å². The van der Waals surface area contributed by atoms with Gasteiger partial charge in [-0.25, -0.2) is 0 Å². The smallest absolute Gasteiger partial charge is 0.656 e. The maximum atomic E-state index is 12.8. The van der Waals surface area contributed by atoms with Crippen molar-refractivity contribution in [2.45, 2.75) is 94.9 Å². The van der Waals surface area contributed by atoms with E-state index in [0.29, 0.717) is 19.6 Å². The number of aryl methyl sites for hydroxylation is 6. The normalized spacial score (nSPS) is 11.9. The van der Waals surface area contributed by atoms with Gasteiger partial charge in [-0.05, 0) is 96.7 Å². The van der Waals surface area contributed by atoms with Gasteiger partial charge in [0.2, 0.25) is 0 Å². The molecule has 0 aromatic heterocycles. The van der Waals surface area contributed by atoms with E-state index >= 15 is 0 Å². The van der Waals surface area contributed by atoms with Crippen LogP contribution in [0.3, 0.4) is 0 Å². The molecule has 218 valence electrons. The molecule has 3 aromatic rings. The Labute approximate surface area is 291 Å². The summed E-state index contributed by atoms with van der Waals surface area (Å²) in [6, 6.07) is 14.3. The van der Waals surface area contributed by atoms with Crippen molar-refractivity contribution in [3.8, 4) is 11.5 Å². The molecule has 0 aliphatic heterocycles. The molecule has 0 heterocycles. The van der Waals surface area contributed by atoms with E-state index in [1.165, 1.54) is 22.3 Å². The molecule has 0 bridgehead atoms. The second-order valence-electron chi connectivity index (χ2n) is 10.7. The fraction of sp³-hybridized carbons (Fsp3) is 0.457. The van der Waals surface area contributed by atoms with Gasteiger partial charge in [0.25, 0.3) is 5.91 Å². The van der Waals surface area contributed by atoms with Gasteiger partial charge >= 0.3 is 51.4 Å². The van der Waals surface area contributed by atoms with Crippen molar-refractivity contribution in [2.75, 3.05) is 13.1 Å². The molecule has 41 heavy (non-hydrogen) atoms. The zero-order chi connectivity index (χ0) is 30.0. The number of nitrogens with zero attached hydrogens (tertiary/aromatic N) is 1. The van der Waals surface area contributed by atoms with Crippen LogP contribution in [0.2, 0.25) is 0 Å². The van der Waals surface area contributed by atoms with Gasteiger partial charge in [0.05, 0.1) is 12.6 Å². The van der Waals surface area contributed by atoms with Crippen LogP contribution in [0, 0.1) is 48.5 Å². The number of hydrogen-bond acceptors (Lipinski definition) is 3. The van der Waals surface area contributed by atoms with Gasteiger partial charge in [-0.2, -0.15) is 0 Å². The predicted octanol–water partition coefficient (Wildman–Crippen LogP) is 5.41. The summed E-state index contributed by atoms with van der Waals surface area (Å²) in [6.45, 7) is 24.1. The molecule has 2 atom stereocenters. The number of carbonyl (C=O) groups is 1. The average Bonchev–Trinajstić information content (AvgIpc) is 2.87. The van der Waals surface area contributed by atoms with Gasteiger partial charge in [0.15, 0.2) is 0 Å². The Morgan fingerprint density at radius 3 is 1.76 bits per heavy atom. The largest absolute Gasteiger partial charge is 1.00 e. The molecular weight excluding hydrogens is 535 g/mol. The van der Waals surface area contributed by atoms with E-state index in [0.717, 1.165) is 39.3 Å². The van der Waals surface area contributed by atoms with E-state index in [1.807, 2.05) is 85.7 Å². The van der Waals surface area contributed by atoms with E-state index in [4.69, 9.17) is 14.8 Å². The average molecular weight is 585 g/mol. The Morgan fingerprint density at radius 1 is 0.780 bits per heavy atom. The number of nitrogens with one attached hydrogen (secondary N) is 1. The maximum Gasteiger partial charge on any atom is 1.00 e. The van der Waals surface area contributed by atoms with Crippen molar-refractivity contribution in [1.82, 2.24) is 5.32 Å². The van der Waals surface area contributed by atoms with Crippen molar-refractivity contribution < 1.29 is 65.7 Å². The van der Waals surface area contributed by atoms with Crippen LogP contribution >= 0.6 is 0 Å². The Hall–Kier alpha value is -1.67. The van der Waals surface area contributed by atoms with Crippen LogP contribution < -0.4 is 66.2 Å². The van der Waals surface area contributed by atoms with Crippen LogP contribution in [0.15, 0.2) is 42.5 Å².